The molecule has 6 aliphatic rings. The zero-order valence-corrected chi connectivity index (χ0v) is 25.7. The highest BCUT2D eigenvalue weighted by Crippen LogP contribution is 2.54. The topological polar surface area (TPSA) is 127 Å². The van der Waals surface area contributed by atoms with Crippen LogP contribution in [0.3, 0.4) is 0 Å². The number of nitrogens with zero attached hydrogens (tertiary/aromatic N) is 3. The number of hydrogen-bond acceptors (Lipinski definition) is 9. The number of aromatic nitrogens is 1. The standard InChI is InChI=1S/C30H42N4O7S/c1-18(40-15-29-7-5-19(6-8-29)41-16-29)23(27(38)39-4)32-24(35)21-11-33(26(37)22-10-31-17-42-22)12-30(21)13-34(14-30)25(36)20-9-28(20,2)3/h10,17-21,23H,5-9,11-16H2,1-4H3,(H,32,35)/t18-,19?,20-,21+,23+,29?/m1/s1. The van der Waals surface area contributed by atoms with E-state index in [1.807, 2.05) is 4.90 Å². The van der Waals surface area contributed by atoms with Crippen LogP contribution in [0.1, 0.15) is 62.5 Å². The van der Waals surface area contributed by atoms with Crippen LogP contribution in [-0.4, -0.2) is 103 Å². The van der Waals surface area contributed by atoms with Crippen molar-refractivity contribution in [3.63, 3.8) is 0 Å². The monoisotopic (exact) mass is 602 g/mol. The summed E-state index contributed by atoms with van der Waals surface area (Å²) in [5.41, 5.74) is 0.976. The van der Waals surface area contributed by atoms with E-state index >= 15 is 0 Å². The average molecular weight is 603 g/mol. The first-order valence-corrected chi connectivity index (χ1v) is 15.9. The number of esters is 1. The van der Waals surface area contributed by atoms with Gasteiger partial charge in [0.15, 0.2) is 6.04 Å². The number of rotatable bonds is 9. The second-order valence-corrected chi connectivity index (χ2v) is 14.8. The summed E-state index contributed by atoms with van der Waals surface area (Å²) in [4.78, 5) is 61.3. The Morgan fingerprint density at radius 3 is 2.40 bits per heavy atom. The van der Waals surface area contributed by atoms with Gasteiger partial charge in [-0.1, -0.05) is 13.8 Å². The van der Waals surface area contributed by atoms with Crippen molar-refractivity contribution in [3.05, 3.63) is 16.6 Å². The van der Waals surface area contributed by atoms with Crippen molar-refractivity contribution in [2.24, 2.45) is 28.1 Å². The fourth-order valence-corrected chi connectivity index (χ4v) is 8.00. The van der Waals surface area contributed by atoms with Crippen molar-refractivity contribution in [3.8, 4) is 0 Å². The molecule has 4 aliphatic heterocycles. The van der Waals surface area contributed by atoms with Crippen LogP contribution >= 0.6 is 11.3 Å². The lowest BCUT2D eigenvalue weighted by molar-refractivity contribution is -0.163. The minimum Gasteiger partial charge on any atom is -0.467 e. The zero-order valence-electron chi connectivity index (χ0n) is 24.9. The Hall–Kier alpha value is -2.57. The molecule has 230 valence electrons. The van der Waals surface area contributed by atoms with E-state index in [4.69, 9.17) is 14.2 Å². The maximum absolute atomic E-state index is 14.0. The number of carbonyl (C=O) groups is 4. The van der Waals surface area contributed by atoms with Crippen molar-refractivity contribution < 1.29 is 33.4 Å². The predicted octanol–water partition coefficient (Wildman–Crippen LogP) is 2.11. The van der Waals surface area contributed by atoms with Gasteiger partial charge in [0.25, 0.3) is 5.91 Å². The maximum Gasteiger partial charge on any atom is 0.331 e. The van der Waals surface area contributed by atoms with E-state index in [0.717, 1.165) is 32.1 Å². The number of nitrogens with one attached hydrogen (secondary N) is 1. The van der Waals surface area contributed by atoms with Gasteiger partial charge in [-0.3, -0.25) is 19.4 Å². The summed E-state index contributed by atoms with van der Waals surface area (Å²) in [5.74, 6) is -1.56. The number of ether oxygens (including phenoxy) is 3. The molecule has 4 atom stereocenters. The Morgan fingerprint density at radius 1 is 1.14 bits per heavy atom. The van der Waals surface area contributed by atoms with E-state index in [1.54, 1.807) is 17.3 Å². The van der Waals surface area contributed by atoms with E-state index in [0.29, 0.717) is 43.8 Å². The Kier molecular flexibility index (Phi) is 7.62. The molecule has 11 nitrogen and oxygen atoms in total. The van der Waals surface area contributed by atoms with Crippen LogP contribution in [0.15, 0.2) is 11.7 Å². The molecule has 6 fully saturated rings. The lowest BCUT2D eigenvalue weighted by atomic mass is 9.70. The van der Waals surface area contributed by atoms with Gasteiger partial charge in [-0.15, -0.1) is 11.3 Å². The molecule has 4 saturated heterocycles. The van der Waals surface area contributed by atoms with Crippen molar-refractivity contribution in [1.82, 2.24) is 20.1 Å². The number of amides is 3. The minimum absolute atomic E-state index is 0.00393. The van der Waals surface area contributed by atoms with Gasteiger partial charge in [-0.2, -0.15) is 0 Å². The third kappa shape index (κ3) is 5.34. The zero-order chi connectivity index (χ0) is 29.9. The number of likely N-dealkylation sites (tertiary alicyclic amines) is 2. The van der Waals surface area contributed by atoms with Crippen LogP contribution in [0.5, 0.6) is 0 Å². The highest BCUT2D eigenvalue weighted by atomic mass is 32.1. The van der Waals surface area contributed by atoms with E-state index < -0.39 is 29.4 Å². The Balaban J connectivity index is 1.15. The van der Waals surface area contributed by atoms with Gasteiger partial charge in [0, 0.05) is 42.9 Å². The van der Waals surface area contributed by atoms with Gasteiger partial charge in [-0.05, 0) is 44.4 Å². The molecular weight excluding hydrogens is 560 g/mol. The summed E-state index contributed by atoms with van der Waals surface area (Å²) >= 11 is 1.26. The largest absolute Gasteiger partial charge is 0.467 e. The molecule has 1 N–H and O–H groups in total. The molecule has 2 saturated carbocycles. The molecule has 1 spiro atoms. The van der Waals surface area contributed by atoms with Gasteiger partial charge in [-0.25, -0.2) is 4.79 Å². The molecule has 1 aromatic heterocycles. The molecule has 2 aliphatic carbocycles. The molecule has 7 rings (SSSR count). The first-order valence-electron chi connectivity index (χ1n) is 15.0. The van der Waals surface area contributed by atoms with Gasteiger partial charge in [0.1, 0.15) is 4.88 Å². The third-order valence-electron chi connectivity index (χ3n) is 10.5. The molecular formula is C30H42N4O7S. The van der Waals surface area contributed by atoms with Crippen LogP contribution in [0.2, 0.25) is 0 Å². The predicted molar refractivity (Wildman–Crippen MR) is 152 cm³/mol. The van der Waals surface area contributed by atoms with E-state index in [2.05, 4.69) is 24.1 Å². The molecule has 0 unspecified atom stereocenters. The maximum atomic E-state index is 14.0. The van der Waals surface area contributed by atoms with E-state index in [9.17, 15) is 19.2 Å². The average Bonchev–Trinajstić information content (AvgIpc) is 3.35. The Bertz CT molecular complexity index is 1210. The lowest BCUT2D eigenvalue weighted by Crippen LogP contribution is -2.65. The van der Waals surface area contributed by atoms with E-state index in [1.165, 1.54) is 24.6 Å². The number of hydrogen-bond donors (Lipinski definition) is 1. The van der Waals surface area contributed by atoms with Gasteiger partial charge >= 0.3 is 5.97 Å². The summed E-state index contributed by atoms with van der Waals surface area (Å²) in [5, 5.41) is 2.93. The molecule has 3 amide bonds. The number of thiazole rings is 1. The fraction of sp³-hybridized carbons (Fsp3) is 0.767. The molecule has 2 bridgehead atoms. The highest BCUT2D eigenvalue weighted by Gasteiger charge is 2.62. The van der Waals surface area contributed by atoms with Gasteiger partial charge in [0.05, 0.1) is 50.2 Å². The fourth-order valence-electron chi connectivity index (χ4n) is 7.41. The minimum atomic E-state index is -1.01. The summed E-state index contributed by atoms with van der Waals surface area (Å²) in [7, 11) is 1.30. The van der Waals surface area contributed by atoms with Crippen LogP contribution in [0, 0.1) is 28.1 Å². The van der Waals surface area contributed by atoms with E-state index in [-0.39, 0.29) is 41.0 Å². The molecule has 5 heterocycles. The molecule has 0 radical (unpaired) electrons. The quantitative estimate of drug-likeness (QED) is 0.426. The summed E-state index contributed by atoms with van der Waals surface area (Å²) in [6, 6.07) is -1.01. The van der Waals surface area contributed by atoms with Crippen molar-refractivity contribution in [2.75, 3.05) is 46.5 Å². The van der Waals surface area contributed by atoms with Gasteiger partial charge < -0.3 is 29.3 Å². The smallest absolute Gasteiger partial charge is 0.331 e. The van der Waals surface area contributed by atoms with Crippen LogP contribution in [0.4, 0.5) is 0 Å². The van der Waals surface area contributed by atoms with Crippen molar-refractivity contribution >= 4 is 35.0 Å². The normalized spacial score (nSPS) is 31.8. The number of fused-ring (bicyclic) bond motifs is 3. The first kappa shape index (κ1) is 29.5. The Morgan fingerprint density at radius 2 is 1.83 bits per heavy atom. The summed E-state index contributed by atoms with van der Waals surface area (Å²) < 4.78 is 17.2. The molecule has 12 heteroatoms. The Labute approximate surface area is 250 Å². The first-order chi connectivity index (χ1) is 20.0. The molecule has 0 aromatic carbocycles. The van der Waals surface area contributed by atoms with Crippen LogP contribution in [-0.2, 0) is 28.6 Å². The lowest BCUT2D eigenvalue weighted by Gasteiger charge is -2.50. The van der Waals surface area contributed by atoms with Crippen LogP contribution in [0.25, 0.3) is 0 Å². The summed E-state index contributed by atoms with van der Waals surface area (Å²) in [6.07, 6.45) is 6.22. The third-order valence-corrected chi connectivity index (χ3v) is 11.3. The van der Waals surface area contributed by atoms with Crippen molar-refractivity contribution in [1.29, 1.82) is 0 Å². The van der Waals surface area contributed by atoms with Crippen molar-refractivity contribution in [2.45, 2.75) is 71.1 Å². The highest BCUT2D eigenvalue weighted by molar-refractivity contribution is 7.11. The second kappa shape index (κ2) is 10.9. The van der Waals surface area contributed by atoms with Gasteiger partial charge in [0.2, 0.25) is 11.8 Å². The SMILES string of the molecule is COC(=O)[C@@H](NC(=O)[C@@H]1CN(C(=O)c2cncs2)CC12CN(C(=O)[C@H]1CC1(C)C)C2)[C@@H](C)OCC12CCC(CC1)OC2. The number of methoxy groups -OCH3 is 1. The second-order valence-electron chi connectivity index (χ2n) is 13.9. The summed E-state index contributed by atoms with van der Waals surface area (Å²) in [6.45, 7) is 8.43. The molecule has 42 heavy (non-hydrogen) atoms. The molecule has 1 aromatic rings. The van der Waals surface area contributed by atoms with Crippen LogP contribution < -0.4 is 5.32 Å². The number of carbonyl (C=O) groups excluding carboxylic acids is 4.